The predicted octanol–water partition coefficient (Wildman–Crippen LogP) is 8.82. The minimum atomic E-state index is -0.111. The van der Waals surface area contributed by atoms with Crippen LogP contribution in [0.1, 0.15) is 61.3 Å². The summed E-state index contributed by atoms with van der Waals surface area (Å²) in [6, 6.07) is 0. The molecule has 1 aliphatic rings. The second kappa shape index (κ2) is 23.3. The van der Waals surface area contributed by atoms with E-state index in [0.717, 1.165) is 17.7 Å². The monoisotopic (exact) mass is 373 g/mol. The first kappa shape index (κ1) is 29.0. The van der Waals surface area contributed by atoms with Crippen LogP contribution in [-0.4, -0.2) is 0 Å². The van der Waals surface area contributed by atoms with Gasteiger partial charge in [0.1, 0.15) is 4.91 Å². The van der Waals surface area contributed by atoms with Crippen LogP contribution in [0.2, 0.25) is 0 Å². The van der Waals surface area contributed by atoms with Gasteiger partial charge < -0.3 is 0 Å². The first-order valence-corrected chi connectivity index (χ1v) is 11.0. The van der Waals surface area contributed by atoms with Crippen LogP contribution in [0.25, 0.3) is 0 Å². The van der Waals surface area contributed by atoms with Gasteiger partial charge in [-0.25, -0.2) is 0 Å². The summed E-state index contributed by atoms with van der Waals surface area (Å²) in [7, 11) is -0.111. The Labute approximate surface area is 167 Å². The fourth-order valence-corrected chi connectivity index (χ4v) is 4.14. The molecule has 0 amide bonds. The highest BCUT2D eigenvalue weighted by Gasteiger charge is 2.31. The molecule has 0 spiro atoms. The third-order valence-electron chi connectivity index (χ3n) is 2.77. The standard InChI is InChI=1S/C19H23S.3C2H6/c1-5-8-14-17(4)20(18(12-6-2)13-7-3)19-15-10-9-11-16-19;3*1-2/h5-10,12-15H,1-2,4,11,16H2,3H3;3*1-2H3/q+1;;;/b13-7-,14-8-,18-12+;;;. The zero-order valence-electron chi connectivity index (χ0n) is 18.2. The summed E-state index contributed by atoms with van der Waals surface area (Å²) in [6.07, 6.45) is 22.7. The molecule has 1 unspecified atom stereocenters. The average Bonchev–Trinajstić information content (AvgIpc) is 2.72. The van der Waals surface area contributed by atoms with Crippen molar-refractivity contribution in [1.82, 2.24) is 0 Å². The number of rotatable bonds is 7. The predicted molar refractivity (Wildman–Crippen MR) is 129 cm³/mol. The zero-order chi connectivity index (χ0) is 20.8. The Morgan fingerprint density at radius 2 is 1.62 bits per heavy atom. The first-order chi connectivity index (χ1) is 12.7. The third kappa shape index (κ3) is 12.6. The molecule has 0 bridgehead atoms. The molecule has 1 atom stereocenters. The minimum Gasteiger partial charge on any atom is -0.0991 e. The van der Waals surface area contributed by atoms with Crippen molar-refractivity contribution in [2.75, 3.05) is 0 Å². The molecule has 0 aliphatic heterocycles. The third-order valence-corrected chi connectivity index (χ3v) is 5.04. The van der Waals surface area contributed by atoms with Gasteiger partial charge in [-0.2, -0.15) is 0 Å². The van der Waals surface area contributed by atoms with Gasteiger partial charge in [0.05, 0.1) is 10.9 Å². The molecule has 0 aromatic carbocycles. The van der Waals surface area contributed by atoms with Gasteiger partial charge in [-0.1, -0.05) is 91.2 Å². The fourth-order valence-electron chi connectivity index (χ4n) is 1.94. The van der Waals surface area contributed by atoms with E-state index in [9.17, 15) is 0 Å². The zero-order valence-corrected chi connectivity index (χ0v) is 19.0. The van der Waals surface area contributed by atoms with Crippen molar-refractivity contribution in [1.29, 1.82) is 0 Å². The molecule has 1 aliphatic carbocycles. The largest absolute Gasteiger partial charge is 0.165 e. The molecular weight excluding hydrogens is 332 g/mol. The van der Waals surface area contributed by atoms with E-state index >= 15 is 0 Å². The summed E-state index contributed by atoms with van der Waals surface area (Å²) < 4.78 is 0. The molecular formula is C25H41S+. The first-order valence-electron chi connectivity index (χ1n) is 9.78. The van der Waals surface area contributed by atoms with Crippen molar-refractivity contribution in [3.63, 3.8) is 0 Å². The molecule has 0 N–H and O–H groups in total. The summed E-state index contributed by atoms with van der Waals surface area (Å²) in [5, 5.41) is 0. The van der Waals surface area contributed by atoms with Gasteiger partial charge in [-0.3, -0.25) is 0 Å². The summed E-state index contributed by atoms with van der Waals surface area (Å²) in [4.78, 5) is 3.79. The Morgan fingerprint density at radius 1 is 1.00 bits per heavy atom. The molecule has 0 aromatic heterocycles. The highest BCUT2D eigenvalue weighted by atomic mass is 32.2. The van der Waals surface area contributed by atoms with E-state index in [2.05, 4.69) is 62.3 Å². The molecule has 0 saturated carbocycles. The summed E-state index contributed by atoms with van der Waals surface area (Å²) in [5.74, 6) is 0. The van der Waals surface area contributed by atoms with Crippen LogP contribution in [0.5, 0.6) is 0 Å². The molecule has 0 nitrogen and oxygen atoms in total. The summed E-state index contributed by atoms with van der Waals surface area (Å²) >= 11 is 0. The highest BCUT2D eigenvalue weighted by Crippen LogP contribution is 2.33. The van der Waals surface area contributed by atoms with Gasteiger partial charge in [-0.05, 0) is 44.2 Å². The Morgan fingerprint density at radius 3 is 2.04 bits per heavy atom. The minimum absolute atomic E-state index is 0.111. The van der Waals surface area contributed by atoms with Crippen LogP contribution in [0.15, 0.2) is 95.2 Å². The average molecular weight is 374 g/mol. The number of allylic oxidation sites excluding steroid dienone is 11. The molecule has 0 fully saturated rings. The molecule has 0 heterocycles. The number of hydrogen-bond acceptors (Lipinski definition) is 0. The van der Waals surface area contributed by atoms with Crippen molar-refractivity contribution < 1.29 is 0 Å². The van der Waals surface area contributed by atoms with Crippen LogP contribution in [0, 0.1) is 0 Å². The highest BCUT2D eigenvalue weighted by molar-refractivity contribution is 8.07. The van der Waals surface area contributed by atoms with Crippen LogP contribution in [-0.2, 0) is 10.9 Å². The van der Waals surface area contributed by atoms with Crippen molar-refractivity contribution >= 4 is 10.9 Å². The lowest BCUT2D eigenvalue weighted by molar-refractivity contribution is 1.02. The van der Waals surface area contributed by atoms with Crippen LogP contribution in [0.3, 0.4) is 0 Å². The van der Waals surface area contributed by atoms with E-state index in [4.69, 9.17) is 0 Å². The molecule has 0 aromatic rings. The molecule has 0 saturated heterocycles. The van der Waals surface area contributed by atoms with Gasteiger partial charge in [0.25, 0.3) is 0 Å². The molecule has 1 heteroatoms. The SMILES string of the molecule is C=C/C=C\C(=C)[S+](C1=CC=CCC1)C(/C=C\C)=C/C=C.CC.CC.CC. The lowest BCUT2D eigenvalue weighted by Crippen LogP contribution is -2.10. The Kier molecular flexibility index (Phi) is 26.0. The van der Waals surface area contributed by atoms with Crippen molar-refractivity contribution in [3.8, 4) is 0 Å². The lowest BCUT2D eigenvalue weighted by atomic mass is 10.2. The van der Waals surface area contributed by atoms with E-state index in [-0.39, 0.29) is 10.9 Å². The fraction of sp³-hybridized carbons (Fsp3) is 0.360. The normalized spacial score (nSPS) is 14.0. The van der Waals surface area contributed by atoms with Gasteiger partial charge in [0.15, 0.2) is 9.81 Å². The van der Waals surface area contributed by atoms with E-state index in [0.29, 0.717) is 0 Å². The van der Waals surface area contributed by atoms with Gasteiger partial charge in [0, 0.05) is 6.42 Å². The van der Waals surface area contributed by atoms with Gasteiger partial charge in [0.2, 0.25) is 0 Å². The van der Waals surface area contributed by atoms with Crippen molar-refractivity contribution in [2.45, 2.75) is 61.3 Å². The van der Waals surface area contributed by atoms with Crippen LogP contribution in [0.4, 0.5) is 0 Å². The van der Waals surface area contributed by atoms with Crippen LogP contribution < -0.4 is 0 Å². The second-order valence-corrected chi connectivity index (χ2v) is 6.40. The maximum atomic E-state index is 4.26. The molecule has 0 radical (unpaired) electrons. The number of hydrogen-bond donors (Lipinski definition) is 0. The quantitative estimate of drug-likeness (QED) is 0.309. The van der Waals surface area contributed by atoms with E-state index in [1.165, 1.54) is 9.81 Å². The maximum Gasteiger partial charge on any atom is 0.165 e. The van der Waals surface area contributed by atoms with E-state index in [1.54, 1.807) is 6.08 Å². The maximum absolute atomic E-state index is 4.26. The summed E-state index contributed by atoms with van der Waals surface area (Å²) in [6.45, 7) is 25.8. The Balaban J connectivity index is -0.000000795. The Bertz CT molecular complexity index is 510. The molecule has 146 valence electrons. The van der Waals surface area contributed by atoms with Crippen LogP contribution >= 0.6 is 0 Å². The smallest absolute Gasteiger partial charge is 0.0991 e. The molecule has 26 heavy (non-hydrogen) atoms. The van der Waals surface area contributed by atoms with Crippen molar-refractivity contribution in [2.24, 2.45) is 0 Å². The van der Waals surface area contributed by atoms with E-state index in [1.807, 2.05) is 60.6 Å². The van der Waals surface area contributed by atoms with E-state index < -0.39 is 0 Å². The van der Waals surface area contributed by atoms with Gasteiger partial charge in [-0.15, -0.1) is 0 Å². The summed E-state index contributed by atoms with van der Waals surface area (Å²) in [5.41, 5.74) is 0. The second-order valence-electron chi connectivity index (χ2n) is 4.27. The Hall–Kier alpha value is -1.73. The topological polar surface area (TPSA) is 0 Å². The van der Waals surface area contributed by atoms with Crippen molar-refractivity contribution in [3.05, 3.63) is 95.2 Å². The molecule has 1 rings (SSSR count). The van der Waals surface area contributed by atoms with Gasteiger partial charge >= 0.3 is 0 Å². The lowest BCUT2D eigenvalue weighted by Gasteiger charge is -2.12.